The molecule has 0 radical (unpaired) electrons. The van der Waals surface area contributed by atoms with Crippen molar-refractivity contribution in [3.05, 3.63) is 73.4 Å². The Morgan fingerprint density at radius 1 is 0.778 bits per heavy atom. The number of pyridine rings is 1. The van der Waals surface area contributed by atoms with E-state index in [-0.39, 0.29) is 0 Å². The van der Waals surface area contributed by atoms with Crippen molar-refractivity contribution in [1.82, 2.24) is 19.4 Å². The number of benzene rings is 1. The molecular formula is C21H20N6. The predicted molar refractivity (Wildman–Crippen MR) is 107 cm³/mol. The molecule has 0 spiro atoms. The van der Waals surface area contributed by atoms with Gasteiger partial charge in [0.1, 0.15) is 0 Å². The zero-order valence-electron chi connectivity index (χ0n) is 14.9. The number of fused-ring (bicyclic) bond motifs is 1. The van der Waals surface area contributed by atoms with Gasteiger partial charge in [-0.15, -0.1) is 0 Å². The molecule has 1 aliphatic heterocycles. The van der Waals surface area contributed by atoms with E-state index in [0.29, 0.717) is 0 Å². The van der Waals surface area contributed by atoms with E-state index in [0.717, 1.165) is 48.9 Å². The van der Waals surface area contributed by atoms with Crippen LogP contribution in [-0.4, -0.2) is 45.5 Å². The minimum Gasteiger partial charge on any atom is -0.368 e. The first-order valence-electron chi connectivity index (χ1n) is 9.17. The summed E-state index contributed by atoms with van der Waals surface area (Å²) in [4.78, 5) is 18.4. The first-order valence-corrected chi connectivity index (χ1v) is 9.17. The summed E-state index contributed by atoms with van der Waals surface area (Å²) in [5, 5.41) is 0. The summed E-state index contributed by atoms with van der Waals surface area (Å²) in [7, 11) is 0. The molecule has 0 unspecified atom stereocenters. The zero-order valence-corrected chi connectivity index (χ0v) is 14.9. The van der Waals surface area contributed by atoms with Crippen LogP contribution in [0.2, 0.25) is 0 Å². The van der Waals surface area contributed by atoms with Gasteiger partial charge in [-0.1, -0.05) is 30.3 Å². The predicted octanol–water partition coefficient (Wildman–Crippen LogP) is 3.12. The van der Waals surface area contributed by atoms with Gasteiger partial charge in [-0.3, -0.25) is 4.98 Å². The smallest absolute Gasteiger partial charge is 0.180 e. The third-order valence-corrected chi connectivity index (χ3v) is 5.03. The third kappa shape index (κ3) is 2.99. The molecule has 1 aromatic carbocycles. The number of nitrogens with zero attached hydrogens (tertiary/aromatic N) is 6. The number of rotatable bonds is 3. The molecule has 5 rings (SSSR count). The van der Waals surface area contributed by atoms with Gasteiger partial charge in [0.25, 0.3) is 0 Å². The van der Waals surface area contributed by atoms with Crippen LogP contribution in [0, 0.1) is 0 Å². The molecule has 4 heterocycles. The van der Waals surface area contributed by atoms with Crippen molar-refractivity contribution < 1.29 is 0 Å². The Balaban J connectivity index is 1.46. The van der Waals surface area contributed by atoms with Crippen LogP contribution < -0.4 is 9.80 Å². The van der Waals surface area contributed by atoms with Crippen molar-refractivity contribution in [2.24, 2.45) is 0 Å². The topological polar surface area (TPSA) is 49.6 Å². The molecule has 1 saturated heterocycles. The highest BCUT2D eigenvalue weighted by atomic mass is 15.3. The molecule has 0 bridgehead atoms. The van der Waals surface area contributed by atoms with E-state index in [1.165, 1.54) is 5.69 Å². The van der Waals surface area contributed by atoms with Gasteiger partial charge in [0.05, 0.1) is 5.69 Å². The summed E-state index contributed by atoms with van der Waals surface area (Å²) in [6, 6.07) is 14.4. The molecule has 3 aromatic heterocycles. The number of hydrogen-bond acceptors (Lipinski definition) is 5. The van der Waals surface area contributed by atoms with Crippen molar-refractivity contribution >= 4 is 17.2 Å². The second-order valence-electron chi connectivity index (χ2n) is 6.65. The Hall–Kier alpha value is -3.41. The van der Waals surface area contributed by atoms with Crippen molar-refractivity contribution in [3.63, 3.8) is 0 Å². The molecule has 0 aliphatic carbocycles. The van der Waals surface area contributed by atoms with E-state index in [4.69, 9.17) is 4.98 Å². The van der Waals surface area contributed by atoms with Crippen molar-refractivity contribution in [2.75, 3.05) is 36.0 Å². The van der Waals surface area contributed by atoms with Crippen molar-refractivity contribution in [3.8, 4) is 11.3 Å². The van der Waals surface area contributed by atoms with Gasteiger partial charge in [-0.05, 0) is 12.1 Å². The second-order valence-corrected chi connectivity index (χ2v) is 6.65. The fourth-order valence-corrected chi connectivity index (χ4v) is 3.61. The van der Waals surface area contributed by atoms with Crippen LogP contribution >= 0.6 is 0 Å². The third-order valence-electron chi connectivity index (χ3n) is 5.03. The lowest BCUT2D eigenvalue weighted by Gasteiger charge is -2.36. The lowest BCUT2D eigenvalue weighted by molar-refractivity contribution is 0.647. The Morgan fingerprint density at radius 2 is 1.52 bits per heavy atom. The van der Waals surface area contributed by atoms with Crippen LogP contribution in [0.15, 0.2) is 73.4 Å². The quantitative estimate of drug-likeness (QED) is 0.564. The molecule has 0 saturated carbocycles. The number of imidazole rings is 1. The molecule has 0 amide bonds. The van der Waals surface area contributed by atoms with Gasteiger partial charge < -0.3 is 14.2 Å². The van der Waals surface area contributed by atoms with Crippen LogP contribution in [0.5, 0.6) is 0 Å². The highest BCUT2D eigenvalue weighted by Crippen LogP contribution is 2.26. The highest BCUT2D eigenvalue weighted by molar-refractivity contribution is 5.70. The lowest BCUT2D eigenvalue weighted by Crippen LogP contribution is -2.47. The van der Waals surface area contributed by atoms with E-state index in [2.05, 4.69) is 48.4 Å². The molecule has 0 N–H and O–H groups in total. The lowest BCUT2D eigenvalue weighted by atomic mass is 10.1. The Bertz CT molecular complexity index is 1040. The number of anilines is 2. The summed E-state index contributed by atoms with van der Waals surface area (Å²) >= 11 is 0. The average molecular weight is 356 g/mol. The summed E-state index contributed by atoms with van der Waals surface area (Å²) < 4.78 is 2.07. The number of hydrogen-bond donors (Lipinski definition) is 0. The van der Waals surface area contributed by atoms with Crippen molar-refractivity contribution in [2.45, 2.75) is 0 Å². The van der Waals surface area contributed by atoms with Crippen molar-refractivity contribution in [1.29, 1.82) is 0 Å². The minimum atomic E-state index is 0.909. The fraction of sp³-hybridized carbons (Fsp3) is 0.190. The Morgan fingerprint density at radius 3 is 2.30 bits per heavy atom. The van der Waals surface area contributed by atoms with Gasteiger partial charge in [-0.2, -0.15) is 0 Å². The van der Waals surface area contributed by atoms with Gasteiger partial charge in [0.15, 0.2) is 11.5 Å². The summed E-state index contributed by atoms with van der Waals surface area (Å²) in [5.41, 5.74) is 4.21. The number of piperazine rings is 1. The molecule has 0 atom stereocenters. The van der Waals surface area contributed by atoms with E-state index in [1.54, 1.807) is 0 Å². The largest absolute Gasteiger partial charge is 0.368 e. The Labute approximate surface area is 157 Å². The molecule has 4 aromatic rings. The van der Waals surface area contributed by atoms with Crippen LogP contribution in [0.25, 0.3) is 16.9 Å². The summed E-state index contributed by atoms with van der Waals surface area (Å²) in [6.45, 7) is 3.73. The zero-order chi connectivity index (χ0) is 18.1. The van der Waals surface area contributed by atoms with E-state index in [9.17, 15) is 0 Å². The average Bonchev–Trinajstić information content (AvgIpc) is 3.23. The first kappa shape index (κ1) is 15.8. The van der Waals surface area contributed by atoms with Crippen LogP contribution in [0.4, 0.5) is 11.5 Å². The van der Waals surface area contributed by atoms with E-state index >= 15 is 0 Å². The fourth-order valence-electron chi connectivity index (χ4n) is 3.61. The van der Waals surface area contributed by atoms with Crippen LogP contribution in [-0.2, 0) is 0 Å². The molecular weight excluding hydrogens is 336 g/mol. The maximum absolute atomic E-state index is 4.98. The summed E-state index contributed by atoms with van der Waals surface area (Å²) in [5.74, 6) is 0.954. The van der Waals surface area contributed by atoms with E-state index in [1.807, 2.05) is 49.2 Å². The molecule has 134 valence electrons. The monoisotopic (exact) mass is 356 g/mol. The molecule has 6 nitrogen and oxygen atoms in total. The molecule has 6 heteroatoms. The van der Waals surface area contributed by atoms with Crippen LogP contribution in [0.1, 0.15) is 0 Å². The molecule has 27 heavy (non-hydrogen) atoms. The number of aromatic nitrogens is 4. The second kappa shape index (κ2) is 6.72. The van der Waals surface area contributed by atoms with Gasteiger partial charge >= 0.3 is 0 Å². The maximum Gasteiger partial charge on any atom is 0.180 e. The molecule has 1 aliphatic rings. The summed E-state index contributed by atoms with van der Waals surface area (Å²) in [6.07, 6.45) is 9.57. The van der Waals surface area contributed by atoms with E-state index < -0.39 is 0 Å². The minimum absolute atomic E-state index is 0.909. The first-order chi connectivity index (χ1) is 13.4. The van der Waals surface area contributed by atoms with Gasteiger partial charge in [0.2, 0.25) is 0 Å². The Kier molecular flexibility index (Phi) is 3.93. The normalized spacial score (nSPS) is 14.7. The maximum atomic E-state index is 4.98. The van der Waals surface area contributed by atoms with Gasteiger partial charge in [-0.25, -0.2) is 9.97 Å². The van der Waals surface area contributed by atoms with Gasteiger partial charge in [0, 0.05) is 68.4 Å². The standard InChI is InChI=1S/C21H20N6/c1-2-4-17(5-3-1)19-16-27-11-10-23-20(27)21(24-19)26-14-12-25(13-15-26)18-6-8-22-9-7-18/h1-11,16H,12-15H2. The van der Waals surface area contributed by atoms with Crippen LogP contribution in [0.3, 0.4) is 0 Å². The highest BCUT2D eigenvalue weighted by Gasteiger charge is 2.21. The SMILES string of the molecule is c1ccc(-c2cn3ccnc3c(N3CCN(c4ccncc4)CC3)n2)cc1. The molecule has 1 fully saturated rings.